The molecule has 9 rings (SSSR count). The Balaban J connectivity index is 1.04. The van der Waals surface area contributed by atoms with E-state index in [2.05, 4.69) is 25.5 Å². The number of aromatic amines is 2. The second-order valence-corrected chi connectivity index (χ2v) is 19.4. The number of imidazole rings is 2. The maximum atomic E-state index is 16.8. The first kappa shape index (κ1) is 47.5. The third-order valence-electron chi connectivity index (χ3n) is 14.4. The van der Waals surface area contributed by atoms with Crippen LogP contribution in [0.1, 0.15) is 132 Å². The smallest absolute Gasteiger partial charge is 0.407 e. The van der Waals surface area contributed by atoms with Gasteiger partial charge in [0.05, 0.1) is 78.5 Å². The number of aromatic nitrogens is 6. The molecular formula is C49H62F2N12O6. The standard InChI is InChI=1S/C49H62F2N12O6/c1-26(2)41(58-48(66)68-5)45(64)61-18-10-12-39(61)43-54-33-20-29(31(50)22-35(33)56-43)37-14-15-38(63(37)28-24-52-47(53-25-28)60-16-8-7-9-17-60)30-21-34-36(23-32(30)51)57-44(55-34)40-13-11-19-62(40)46(65)42(27(3)4)59-49(67)69-6/h20-27,37-42H,7-19H2,1-6H3,(H,54,56)(H,55,57)(H,58,66)(H,59,67)/t37-,38+,39-,40-,41-,42-/m0/s1. The van der Waals surface area contributed by atoms with Crippen LogP contribution in [0.25, 0.3) is 22.1 Å². The van der Waals surface area contributed by atoms with Crippen LogP contribution in [0.5, 0.6) is 0 Å². The van der Waals surface area contributed by atoms with E-state index in [-0.39, 0.29) is 23.7 Å². The number of likely N-dealkylation sites (tertiary alicyclic amines) is 2. The van der Waals surface area contributed by atoms with Gasteiger partial charge in [-0.15, -0.1) is 0 Å². The van der Waals surface area contributed by atoms with Crippen LogP contribution >= 0.6 is 0 Å². The molecule has 3 aromatic heterocycles. The lowest BCUT2D eigenvalue weighted by molar-refractivity contribution is -0.136. The molecule has 0 radical (unpaired) electrons. The monoisotopic (exact) mass is 952 g/mol. The van der Waals surface area contributed by atoms with Gasteiger partial charge in [0.1, 0.15) is 35.4 Å². The number of hydrogen-bond donors (Lipinski definition) is 4. The summed E-state index contributed by atoms with van der Waals surface area (Å²) in [6.07, 6.45) is 9.02. The molecule has 18 nitrogen and oxygen atoms in total. The molecule has 7 heterocycles. The fraction of sp³-hybridized carbons (Fsp3) is 0.551. The van der Waals surface area contributed by atoms with Gasteiger partial charge in [-0.2, -0.15) is 0 Å². The predicted octanol–water partition coefficient (Wildman–Crippen LogP) is 7.67. The molecule has 0 aliphatic carbocycles. The largest absolute Gasteiger partial charge is 0.453 e. The Morgan fingerprint density at radius 3 is 1.49 bits per heavy atom. The summed E-state index contributed by atoms with van der Waals surface area (Å²) in [5.74, 6) is -0.202. The van der Waals surface area contributed by atoms with Crippen LogP contribution in [0.2, 0.25) is 0 Å². The topological polar surface area (TPSA) is 207 Å². The molecule has 4 aliphatic heterocycles. The van der Waals surface area contributed by atoms with Gasteiger partial charge in [-0.1, -0.05) is 27.7 Å². The minimum absolute atomic E-state index is 0.205. The van der Waals surface area contributed by atoms with E-state index in [1.54, 1.807) is 34.3 Å². The molecule has 0 unspecified atom stereocenters. The van der Waals surface area contributed by atoms with Crippen molar-refractivity contribution in [2.45, 2.75) is 122 Å². The van der Waals surface area contributed by atoms with Crippen molar-refractivity contribution in [2.24, 2.45) is 11.8 Å². The quantitative estimate of drug-likeness (QED) is 0.0951. The molecule has 4 N–H and O–H groups in total. The molecule has 0 spiro atoms. The van der Waals surface area contributed by atoms with Gasteiger partial charge in [0, 0.05) is 49.4 Å². The summed E-state index contributed by atoms with van der Waals surface area (Å²) < 4.78 is 43.1. The third-order valence-corrected chi connectivity index (χ3v) is 14.4. The van der Waals surface area contributed by atoms with Crippen molar-refractivity contribution in [2.75, 3.05) is 50.2 Å². The van der Waals surface area contributed by atoms with Crippen LogP contribution in [0.15, 0.2) is 36.7 Å². The molecule has 2 aromatic carbocycles. The van der Waals surface area contributed by atoms with Crippen LogP contribution in [0.3, 0.4) is 0 Å². The number of benzene rings is 2. The first-order valence-electron chi connectivity index (χ1n) is 24.3. The highest BCUT2D eigenvalue weighted by Crippen LogP contribution is 2.49. The maximum absolute atomic E-state index is 16.8. The number of nitrogens with zero attached hydrogens (tertiary/aromatic N) is 8. The number of amides is 4. The summed E-state index contributed by atoms with van der Waals surface area (Å²) in [5, 5.41) is 5.36. The lowest BCUT2D eigenvalue weighted by Crippen LogP contribution is -2.51. The Morgan fingerprint density at radius 2 is 1.07 bits per heavy atom. The average Bonchev–Trinajstić information content (AvgIpc) is 4.21. The molecular weight excluding hydrogens is 891 g/mol. The summed E-state index contributed by atoms with van der Waals surface area (Å²) in [7, 11) is 2.51. The number of carbonyl (C=O) groups excluding carboxylic acids is 4. The minimum Gasteiger partial charge on any atom is -0.453 e. The van der Waals surface area contributed by atoms with E-state index in [9.17, 15) is 19.2 Å². The Bertz CT molecular complexity index is 2550. The first-order chi connectivity index (χ1) is 33.2. The molecule has 20 heteroatoms. The fourth-order valence-electron chi connectivity index (χ4n) is 10.8. The van der Waals surface area contributed by atoms with E-state index >= 15 is 8.78 Å². The molecule has 6 atom stereocenters. The van der Waals surface area contributed by atoms with Crippen molar-refractivity contribution in [1.29, 1.82) is 0 Å². The lowest BCUT2D eigenvalue weighted by Gasteiger charge is -2.33. The van der Waals surface area contributed by atoms with Gasteiger partial charge in [0.25, 0.3) is 0 Å². The van der Waals surface area contributed by atoms with Gasteiger partial charge >= 0.3 is 12.2 Å². The zero-order valence-corrected chi connectivity index (χ0v) is 40.1. The van der Waals surface area contributed by atoms with E-state index in [1.807, 2.05) is 32.6 Å². The highest BCUT2D eigenvalue weighted by atomic mass is 19.1. The number of anilines is 2. The van der Waals surface area contributed by atoms with E-state index in [0.717, 1.165) is 45.2 Å². The Hall–Kier alpha value is -6.60. The van der Waals surface area contributed by atoms with Crippen molar-refractivity contribution < 1.29 is 37.4 Å². The average molecular weight is 953 g/mol. The molecule has 368 valence electrons. The molecule has 4 aliphatic rings. The number of carbonyl (C=O) groups is 4. The fourth-order valence-corrected chi connectivity index (χ4v) is 10.8. The van der Waals surface area contributed by atoms with Gasteiger partial charge in [0.15, 0.2) is 0 Å². The highest BCUT2D eigenvalue weighted by molar-refractivity contribution is 5.88. The van der Waals surface area contributed by atoms with E-state index in [4.69, 9.17) is 29.4 Å². The number of hydrogen-bond acceptors (Lipinski definition) is 12. The molecule has 5 aromatic rings. The number of ether oxygens (including phenoxy) is 2. The summed E-state index contributed by atoms with van der Waals surface area (Å²) in [5.41, 5.74) is 3.38. The molecule has 0 bridgehead atoms. The van der Waals surface area contributed by atoms with Crippen molar-refractivity contribution >= 4 is 57.7 Å². The van der Waals surface area contributed by atoms with Crippen LogP contribution < -0.4 is 20.4 Å². The number of halogens is 2. The predicted molar refractivity (Wildman–Crippen MR) is 253 cm³/mol. The van der Waals surface area contributed by atoms with Crippen molar-refractivity contribution in [3.05, 3.63) is 71.1 Å². The van der Waals surface area contributed by atoms with Crippen molar-refractivity contribution in [3.8, 4) is 0 Å². The van der Waals surface area contributed by atoms with E-state index < -0.39 is 60.1 Å². The number of nitrogens with one attached hydrogen (secondary N) is 4. The number of piperidine rings is 1. The Kier molecular flexibility index (Phi) is 13.6. The number of fused-ring (bicyclic) bond motifs is 2. The number of methoxy groups -OCH3 is 2. The number of rotatable bonds is 12. The summed E-state index contributed by atoms with van der Waals surface area (Å²) in [6.45, 7) is 10.1. The number of alkyl carbamates (subject to hydrolysis) is 2. The highest BCUT2D eigenvalue weighted by Gasteiger charge is 2.42. The maximum Gasteiger partial charge on any atom is 0.407 e. The zero-order valence-electron chi connectivity index (χ0n) is 40.1. The molecule has 4 amide bonds. The van der Waals surface area contributed by atoms with E-state index in [1.165, 1.54) is 26.4 Å². The zero-order chi connectivity index (χ0) is 48.7. The summed E-state index contributed by atoms with van der Waals surface area (Å²) in [6, 6.07) is 2.78. The SMILES string of the molecule is COC(=O)N[C@H](C(=O)N1CCC[C@H]1c1nc2cc(F)c([C@H]3CC[C@@H](c4cc5[nH]c([C@@H]6CCCN6C(=O)[C@@H](NC(=O)OC)C(C)C)nc5cc4F)N3c3cnc(N4CCCCC4)nc3)cc2[nH]1)C(C)C. The van der Waals surface area contributed by atoms with Gasteiger partial charge in [-0.05, 0) is 81.8 Å². The summed E-state index contributed by atoms with van der Waals surface area (Å²) >= 11 is 0. The lowest BCUT2D eigenvalue weighted by atomic mass is 10.0. The second kappa shape index (κ2) is 19.8. The summed E-state index contributed by atoms with van der Waals surface area (Å²) in [4.78, 5) is 85.8. The molecule has 69 heavy (non-hydrogen) atoms. The number of H-pyrrole nitrogens is 2. The van der Waals surface area contributed by atoms with Gasteiger partial charge in [-0.25, -0.2) is 38.3 Å². The van der Waals surface area contributed by atoms with Crippen molar-refractivity contribution in [1.82, 2.24) is 50.3 Å². The molecule has 4 saturated heterocycles. The first-order valence-corrected chi connectivity index (χ1v) is 24.3. The normalized spacial score (nSPS) is 21.7. The molecule has 4 fully saturated rings. The van der Waals surface area contributed by atoms with Crippen LogP contribution in [-0.4, -0.2) is 116 Å². The third kappa shape index (κ3) is 9.33. The van der Waals surface area contributed by atoms with E-state index in [0.29, 0.717) is 95.3 Å². The molecule has 0 saturated carbocycles. The van der Waals surface area contributed by atoms with Gasteiger partial charge < -0.3 is 49.7 Å². The van der Waals surface area contributed by atoms with Crippen molar-refractivity contribution in [3.63, 3.8) is 0 Å². The Morgan fingerprint density at radius 1 is 0.623 bits per heavy atom. The minimum atomic E-state index is -0.805. The van der Waals surface area contributed by atoms with Crippen LogP contribution in [0, 0.1) is 23.5 Å². The second-order valence-electron chi connectivity index (χ2n) is 19.4. The van der Waals surface area contributed by atoms with Crippen LogP contribution in [-0.2, 0) is 19.1 Å². The van der Waals surface area contributed by atoms with Gasteiger partial charge in [-0.3, -0.25) is 9.59 Å². The van der Waals surface area contributed by atoms with Gasteiger partial charge in [0.2, 0.25) is 17.8 Å². The van der Waals surface area contributed by atoms with Crippen LogP contribution in [0.4, 0.5) is 30.0 Å². The Labute approximate surface area is 399 Å².